The number of benzene rings is 2. The van der Waals surface area contributed by atoms with Crippen LogP contribution in [-0.2, 0) is 36.1 Å². The number of hydrogen-bond donors (Lipinski definition) is 3. The lowest BCUT2D eigenvalue weighted by molar-refractivity contribution is -0.142. The molecule has 13 heteroatoms. The zero-order chi connectivity index (χ0) is 31.6. The second-order valence-corrected chi connectivity index (χ2v) is 15.5. The first-order valence-electron chi connectivity index (χ1n) is 14.0. The van der Waals surface area contributed by atoms with Crippen LogP contribution >= 0.6 is 11.3 Å². The van der Waals surface area contributed by atoms with Crippen LogP contribution in [-0.4, -0.2) is 63.3 Å². The van der Waals surface area contributed by atoms with Gasteiger partial charge in [0.25, 0.3) is 10.0 Å². The molecule has 0 spiro atoms. The molecule has 0 aliphatic rings. The number of aryl methyl sites for hydroxylation is 1. The van der Waals surface area contributed by atoms with Gasteiger partial charge < -0.3 is 10.4 Å². The predicted octanol–water partition coefficient (Wildman–Crippen LogP) is 4.03. The Morgan fingerprint density at radius 3 is 2.19 bits per heavy atom. The van der Waals surface area contributed by atoms with Gasteiger partial charge >= 0.3 is 5.97 Å². The van der Waals surface area contributed by atoms with E-state index in [2.05, 4.69) is 10.0 Å². The van der Waals surface area contributed by atoms with Gasteiger partial charge in [-0.15, -0.1) is 11.3 Å². The number of aliphatic carboxylic acids is 1. The summed E-state index contributed by atoms with van der Waals surface area (Å²) in [6.07, 6.45) is 0.872. The van der Waals surface area contributed by atoms with E-state index >= 15 is 0 Å². The Labute approximate surface area is 258 Å². The number of thiophene rings is 1. The molecule has 0 bridgehead atoms. The molecule has 0 saturated carbocycles. The van der Waals surface area contributed by atoms with Crippen molar-refractivity contribution in [1.82, 2.24) is 14.3 Å². The molecule has 0 fully saturated rings. The van der Waals surface area contributed by atoms with Gasteiger partial charge in [0.15, 0.2) is 0 Å². The highest BCUT2D eigenvalue weighted by molar-refractivity contribution is 7.91. The molecule has 2 atom stereocenters. The number of rotatable bonds is 17. The van der Waals surface area contributed by atoms with Gasteiger partial charge in [-0.1, -0.05) is 67.9 Å². The van der Waals surface area contributed by atoms with Crippen molar-refractivity contribution in [2.75, 3.05) is 13.1 Å². The topological polar surface area (TPSA) is 150 Å². The molecular weight excluding hydrogens is 611 g/mol. The molecule has 10 nitrogen and oxygen atoms in total. The maximum Gasteiger partial charge on any atom is 0.322 e. The van der Waals surface area contributed by atoms with Crippen LogP contribution in [0.25, 0.3) is 0 Å². The number of carbonyl (C=O) groups excluding carboxylic acids is 1. The van der Waals surface area contributed by atoms with Crippen LogP contribution in [0, 0.1) is 12.8 Å². The fourth-order valence-electron chi connectivity index (χ4n) is 4.48. The summed E-state index contributed by atoms with van der Waals surface area (Å²) in [6.45, 7) is 5.70. The number of nitrogens with zero attached hydrogens (tertiary/aromatic N) is 1. The monoisotopic (exact) mass is 649 g/mol. The minimum atomic E-state index is -4.00. The third kappa shape index (κ3) is 9.97. The fourth-order valence-corrected chi connectivity index (χ4v) is 8.57. The van der Waals surface area contributed by atoms with Crippen molar-refractivity contribution in [1.29, 1.82) is 0 Å². The van der Waals surface area contributed by atoms with Gasteiger partial charge in [-0.05, 0) is 67.7 Å². The summed E-state index contributed by atoms with van der Waals surface area (Å²) in [7, 11) is -7.99. The van der Waals surface area contributed by atoms with E-state index in [1.807, 2.05) is 26.8 Å². The van der Waals surface area contributed by atoms with Crippen LogP contribution in [0.1, 0.15) is 44.2 Å². The summed E-state index contributed by atoms with van der Waals surface area (Å²) in [5.74, 6) is -1.85. The Morgan fingerprint density at radius 1 is 0.930 bits per heavy atom. The predicted molar refractivity (Wildman–Crippen MR) is 167 cm³/mol. The molecule has 3 N–H and O–H groups in total. The van der Waals surface area contributed by atoms with Crippen LogP contribution in [0.3, 0.4) is 0 Å². The quantitative estimate of drug-likeness (QED) is 0.187. The van der Waals surface area contributed by atoms with E-state index in [1.54, 1.807) is 47.8 Å². The minimum Gasteiger partial charge on any atom is -0.480 e. The van der Waals surface area contributed by atoms with E-state index < -0.39 is 44.0 Å². The fraction of sp³-hybridized carbons (Fsp3) is 0.400. The Hall–Kier alpha value is -3.10. The summed E-state index contributed by atoms with van der Waals surface area (Å²) < 4.78 is 56.4. The van der Waals surface area contributed by atoms with Crippen LogP contribution in [0.2, 0.25) is 0 Å². The lowest BCUT2D eigenvalue weighted by atomic mass is 10.1. The third-order valence-corrected chi connectivity index (χ3v) is 11.4. The molecule has 0 radical (unpaired) electrons. The van der Waals surface area contributed by atoms with Crippen molar-refractivity contribution < 1.29 is 31.5 Å². The highest BCUT2D eigenvalue weighted by Crippen LogP contribution is 2.26. The summed E-state index contributed by atoms with van der Waals surface area (Å²) in [6, 6.07) is 16.1. The number of unbranched alkanes of at least 4 members (excludes halogenated alkanes) is 1. The van der Waals surface area contributed by atoms with E-state index in [9.17, 15) is 31.5 Å². The van der Waals surface area contributed by atoms with E-state index in [-0.39, 0.29) is 41.0 Å². The molecule has 43 heavy (non-hydrogen) atoms. The molecule has 1 aromatic heterocycles. The number of sulfonamides is 2. The molecule has 1 amide bonds. The molecular formula is C30H39N3O7S3. The van der Waals surface area contributed by atoms with Crippen molar-refractivity contribution in [3.05, 3.63) is 83.2 Å². The van der Waals surface area contributed by atoms with Crippen molar-refractivity contribution in [3.63, 3.8) is 0 Å². The zero-order valence-corrected chi connectivity index (χ0v) is 26.9. The number of amides is 1. The molecule has 3 rings (SSSR count). The Kier molecular flexibility index (Phi) is 12.5. The summed E-state index contributed by atoms with van der Waals surface area (Å²) >= 11 is 1.04. The average Bonchev–Trinajstić information content (AvgIpc) is 3.50. The van der Waals surface area contributed by atoms with Gasteiger partial charge in [-0.2, -0.15) is 9.03 Å². The highest BCUT2D eigenvalue weighted by Gasteiger charge is 2.36. The van der Waals surface area contributed by atoms with E-state index in [0.717, 1.165) is 26.8 Å². The van der Waals surface area contributed by atoms with Crippen LogP contribution < -0.4 is 10.0 Å². The Morgan fingerprint density at radius 2 is 1.60 bits per heavy atom. The first kappa shape index (κ1) is 34.4. The van der Waals surface area contributed by atoms with Gasteiger partial charge in [0, 0.05) is 13.1 Å². The first-order valence-corrected chi connectivity index (χ1v) is 17.8. The van der Waals surface area contributed by atoms with Gasteiger partial charge in [-0.25, -0.2) is 16.8 Å². The zero-order valence-electron chi connectivity index (χ0n) is 24.5. The van der Waals surface area contributed by atoms with Crippen molar-refractivity contribution in [2.24, 2.45) is 5.92 Å². The SMILES string of the molecule is Cc1ccc(S(=O)(=O)N[C@@H](Cc2ccccc2)C(=O)NCCCC[C@@H](C(=O)O)N(CC(C)C)S(=O)(=O)c2cccs2)cc1. The lowest BCUT2D eigenvalue weighted by Gasteiger charge is -2.29. The largest absolute Gasteiger partial charge is 0.480 e. The molecule has 2 aromatic carbocycles. The van der Waals surface area contributed by atoms with Crippen LogP contribution in [0.4, 0.5) is 0 Å². The van der Waals surface area contributed by atoms with Gasteiger partial charge in [0.2, 0.25) is 15.9 Å². The van der Waals surface area contributed by atoms with Crippen molar-refractivity contribution in [2.45, 2.75) is 67.6 Å². The van der Waals surface area contributed by atoms with E-state index in [0.29, 0.717) is 12.8 Å². The molecule has 0 saturated heterocycles. The van der Waals surface area contributed by atoms with Gasteiger partial charge in [-0.3, -0.25) is 9.59 Å². The standard InChI is InChI=1S/C30H39N3O7S3/c1-22(2)21-33(43(39,40)28-13-9-19-41-28)27(30(35)36)12-7-8-18-31-29(34)26(20-24-10-5-4-6-11-24)32-42(37,38)25-16-14-23(3)15-17-25/h4-6,9-11,13-17,19,22,26-27,32H,7-8,12,18,20-21H2,1-3H3,(H,31,34)(H,35,36)/t26-,27-/m0/s1. The highest BCUT2D eigenvalue weighted by atomic mass is 32.2. The second kappa shape index (κ2) is 15.6. The Balaban J connectivity index is 1.65. The van der Waals surface area contributed by atoms with Crippen LogP contribution in [0.15, 0.2) is 81.2 Å². The molecule has 3 aromatic rings. The lowest BCUT2D eigenvalue weighted by Crippen LogP contribution is -2.48. The van der Waals surface area contributed by atoms with Gasteiger partial charge in [0.1, 0.15) is 16.3 Å². The van der Waals surface area contributed by atoms with Crippen molar-refractivity contribution >= 4 is 43.3 Å². The number of nitrogens with one attached hydrogen (secondary N) is 2. The normalized spacial score (nSPS) is 13.6. The summed E-state index contributed by atoms with van der Waals surface area (Å²) in [4.78, 5) is 25.4. The molecule has 0 unspecified atom stereocenters. The third-order valence-electron chi connectivity index (χ3n) is 6.67. The first-order chi connectivity index (χ1) is 20.3. The number of hydrogen-bond acceptors (Lipinski definition) is 7. The summed E-state index contributed by atoms with van der Waals surface area (Å²) in [5.41, 5.74) is 1.68. The summed E-state index contributed by atoms with van der Waals surface area (Å²) in [5, 5.41) is 14.3. The maximum atomic E-state index is 13.3. The maximum absolute atomic E-state index is 13.3. The van der Waals surface area contributed by atoms with Gasteiger partial charge in [0.05, 0.1) is 4.90 Å². The number of carboxylic acid groups (broad SMARTS) is 1. The molecule has 234 valence electrons. The minimum absolute atomic E-state index is 0.0483. The molecule has 0 aliphatic heterocycles. The Bertz CT molecular complexity index is 1540. The number of carboxylic acids is 1. The van der Waals surface area contributed by atoms with Crippen LogP contribution in [0.5, 0.6) is 0 Å². The van der Waals surface area contributed by atoms with Crippen molar-refractivity contribution in [3.8, 4) is 0 Å². The smallest absolute Gasteiger partial charge is 0.322 e. The van der Waals surface area contributed by atoms with E-state index in [1.165, 1.54) is 18.2 Å². The average molecular weight is 650 g/mol. The van der Waals surface area contributed by atoms with E-state index in [4.69, 9.17) is 0 Å². The number of carbonyl (C=O) groups is 2. The molecule has 0 aliphatic carbocycles. The molecule has 1 heterocycles. The second-order valence-electron chi connectivity index (χ2n) is 10.7.